The molecular formula is C28H48O4. The van der Waals surface area contributed by atoms with Gasteiger partial charge in [0.1, 0.15) is 5.60 Å². The summed E-state index contributed by atoms with van der Waals surface area (Å²) in [7, 11) is 0. The van der Waals surface area contributed by atoms with Gasteiger partial charge < -0.3 is 14.9 Å². The highest BCUT2D eigenvalue weighted by Crippen LogP contribution is 2.68. The first kappa shape index (κ1) is 24.5. The molecule has 4 aliphatic rings. The minimum atomic E-state index is -0.413. The molecule has 4 rings (SSSR count). The van der Waals surface area contributed by atoms with Crippen LogP contribution in [0.5, 0.6) is 0 Å². The van der Waals surface area contributed by atoms with Gasteiger partial charge in [0.05, 0.1) is 12.2 Å². The molecule has 4 nitrogen and oxygen atoms in total. The number of fused-ring (bicyclic) bond motifs is 5. The second-order valence-electron chi connectivity index (χ2n) is 13.6. The molecule has 4 heteroatoms. The van der Waals surface area contributed by atoms with Crippen LogP contribution in [0.15, 0.2) is 0 Å². The monoisotopic (exact) mass is 448 g/mol. The lowest BCUT2D eigenvalue weighted by atomic mass is 9.43. The predicted molar refractivity (Wildman–Crippen MR) is 127 cm³/mol. The lowest BCUT2D eigenvalue weighted by Crippen LogP contribution is -2.58. The Morgan fingerprint density at radius 3 is 2.34 bits per heavy atom. The molecule has 0 aliphatic heterocycles. The molecule has 0 aromatic rings. The molecule has 2 N–H and O–H groups in total. The second kappa shape index (κ2) is 8.56. The number of aliphatic hydroxyl groups excluding tert-OH is 2. The number of esters is 1. The molecule has 0 aromatic heterocycles. The normalized spacial score (nSPS) is 47.2. The van der Waals surface area contributed by atoms with Crippen LogP contribution in [0, 0.1) is 46.3 Å². The fourth-order valence-electron chi connectivity index (χ4n) is 9.11. The number of carbonyl (C=O) groups excluding carboxylic acids is 1. The van der Waals surface area contributed by atoms with Gasteiger partial charge in [-0.25, -0.2) is 0 Å². The zero-order valence-corrected chi connectivity index (χ0v) is 21.4. The van der Waals surface area contributed by atoms with Crippen molar-refractivity contribution in [2.24, 2.45) is 46.3 Å². The van der Waals surface area contributed by atoms with Crippen molar-refractivity contribution < 1.29 is 19.7 Å². The Morgan fingerprint density at radius 2 is 1.66 bits per heavy atom. The van der Waals surface area contributed by atoms with Crippen molar-refractivity contribution >= 4 is 5.97 Å². The van der Waals surface area contributed by atoms with Gasteiger partial charge >= 0.3 is 5.97 Å². The summed E-state index contributed by atoms with van der Waals surface area (Å²) in [4.78, 5) is 12.3. The predicted octanol–water partition coefficient (Wildman–Crippen LogP) is 5.74. The van der Waals surface area contributed by atoms with Gasteiger partial charge in [0, 0.05) is 6.42 Å². The molecule has 184 valence electrons. The zero-order chi connectivity index (χ0) is 23.5. The summed E-state index contributed by atoms with van der Waals surface area (Å²) >= 11 is 0. The minimum absolute atomic E-state index is 0.0751. The molecule has 0 bridgehead atoms. The van der Waals surface area contributed by atoms with E-state index in [2.05, 4.69) is 20.8 Å². The fourth-order valence-corrected chi connectivity index (χ4v) is 9.11. The first-order valence-corrected chi connectivity index (χ1v) is 13.4. The minimum Gasteiger partial charge on any atom is -0.460 e. The van der Waals surface area contributed by atoms with Crippen molar-refractivity contribution in [3.8, 4) is 0 Å². The first-order valence-electron chi connectivity index (χ1n) is 13.4. The Labute approximate surface area is 195 Å². The topological polar surface area (TPSA) is 66.8 Å². The van der Waals surface area contributed by atoms with Crippen molar-refractivity contribution in [2.75, 3.05) is 0 Å². The van der Waals surface area contributed by atoms with E-state index in [0.717, 1.165) is 32.1 Å². The lowest BCUT2D eigenvalue weighted by molar-refractivity contribution is -0.174. The van der Waals surface area contributed by atoms with Crippen LogP contribution in [0.25, 0.3) is 0 Å². The number of aliphatic hydroxyl groups is 2. The summed E-state index contributed by atoms with van der Waals surface area (Å²) < 4.78 is 5.55. The number of ether oxygens (including phenoxy) is 1. The van der Waals surface area contributed by atoms with Crippen LogP contribution >= 0.6 is 0 Å². The largest absolute Gasteiger partial charge is 0.460 e. The van der Waals surface area contributed by atoms with Crippen molar-refractivity contribution in [1.82, 2.24) is 0 Å². The van der Waals surface area contributed by atoms with E-state index < -0.39 is 5.60 Å². The summed E-state index contributed by atoms with van der Waals surface area (Å²) in [6.07, 6.45) is 9.72. The van der Waals surface area contributed by atoms with Crippen LogP contribution < -0.4 is 0 Å². The first-order chi connectivity index (χ1) is 14.8. The Morgan fingerprint density at radius 1 is 1.00 bits per heavy atom. The summed E-state index contributed by atoms with van der Waals surface area (Å²) in [5.74, 6) is 3.12. The molecule has 0 spiro atoms. The van der Waals surface area contributed by atoms with Crippen LogP contribution in [-0.4, -0.2) is 34.0 Å². The number of hydrogen-bond acceptors (Lipinski definition) is 4. The number of carbonyl (C=O) groups is 1. The highest BCUT2D eigenvalue weighted by molar-refractivity contribution is 5.69. The van der Waals surface area contributed by atoms with Gasteiger partial charge in [0.25, 0.3) is 0 Å². The standard InChI is InChI=1S/C28H48O4/c1-17(7-10-24(31)32-26(2,3)4)20-8-9-21-25-22(12-14-28(20,21)6)27(5)13-11-19(29)15-18(27)16-23(25)30/h17-23,25,29-30H,7-16H2,1-6H3/t17-,18+,19-,20?,21+,22+,23+,25+,27+,28-/m1/s1. The molecule has 4 saturated carbocycles. The Balaban J connectivity index is 1.46. The van der Waals surface area contributed by atoms with E-state index in [1.54, 1.807) is 0 Å². The maximum absolute atomic E-state index is 12.3. The summed E-state index contributed by atoms with van der Waals surface area (Å²) in [6, 6.07) is 0. The van der Waals surface area contributed by atoms with E-state index in [1.165, 1.54) is 25.7 Å². The smallest absolute Gasteiger partial charge is 0.306 e. The molecular weight excluding hydrogens is 400 g/mol. The third-order valence-electron chi connectivity index (χ3n) is 10.6. The van der Waals surface area contributed by atoms with Crippen LogP contribution in [0.1, 0.15) is 106 Å². The van der Waals surface area contributed by atoms with Crippen molar-refractivity contribution in [1.29, 1.82) is 0 Å². The van der Waals surface area contributed by atoms with Crippen molar-refractivity contribution in [3.63, 3.8) is 0 Å². The number of rotatable bonds is 4. The highest BCUT2D eigenvalue weighted by atomic mass is 16.6. The van der Waals surface area contributed by atoms with Crippen LogP contribution in [0.3, 0.4) is 0 Å². The van der Waals surface area contributed by atoms with E-state index in [4.69, 9.17) is 4.74 Å². The van der Waals surface area contributed by atoms with Gasteiger partial charge in [-0.05, 0) is 125 Å². The van der Waals surface area contributed by atoms with Crippen LogP contribution in [0.2, 0.25) is 0 Å². The quantitative estimate of drug-likeness (QED) is 0.539. The molecule has 4 fully saturated rings. The average Bonchev–Trinajstić information content (AvgIpc) is 3.03. The molecule has 0 amide bonds. The summed E-state index contributed by atoms with van der Waals surface area (Å²) in [6.45, 7) is 13.1. The van der Waals surface area contributed by atoms with Crippen LogP contribution in [-0.2, 0) is 9.53 Å². The van der Waals surface area contributed by atoms with E-state index >= 15 is 0 Å². The van der Waals surface area contributed by atoms with Gasteiger partial charge in [-0.2, -0.15) is 0 Å². The van der Waals surface area contributed by atoms with Gasteiger partial charge in [0.2, 0.25) is 0 Å². The zero-order valence-electron chi connectivity index (χ0n) is 21.4. The van der Waals surface area contributed by atoms with E-state index in [-0.39, 0.29) is 29.0 Å². The summed E-state index contributed by atoms with van der Waals surface area (Å²) in [5.41, 5.74) is 0.140. The molecule has 32 heavy (non-hydrogen) atoms. The van der Waals surface area contributed by atoms with E-state index in [1.807, 2.05) is 20.8 Å². The molecule has 0 radical (unpaired) electrons. The average molecular weight is 449 g/mol. The Bertz CT molecular complexity index is 698. The molecule has 4 aliphatic carbocycles. The molecule has 0 aromatic carbocycles. The molecule has 0 heterocycles. The van der Waals surface area contributed by atoms with Gasteiger partial charge in [-0.3, -0.25) is 4.79 Å². The third kappa shape index (κ3) is 4.28. The van der Waals surface area contributed by atoms with Crippen LogP contribution in [0.4, 0.5) is 0 Å². The van der Waals surface area contributed by atoms with Gasteiger partial charge in [-0.1, -0.05) is 20.8 Å². The van der Waals surface area contributed by atoms with Gasteiger partial charge in [0.15, 0.2) is 0 Å². The van der Waals surface area contributed by atoms with Crippen molar-refractivity contribution in [3.05, 3.63) is 0 Å². The highest BCUT2D eigenvalue weighted by Gasteiger charge is 2.62. The SMILES string of the molecule is C[C@H](CCC(=O)OC(C)(C)C)C1CC[C@H]2[C@@H]3[C@@H](O)C[C@@H]4C[C@H](O)CC[C@]4(C)[C@H]3CC[C@]12C. The molecule has 10 atom stereocenters. The van der Waals surface area contributed by atoms with Crippen molar-refractivity contribution in [2.45, 2.75) is 124 Å². The fraction of sp³-hybridized carbons (Fsp3) is 0.964. The van der Waals surface area contributed by atoms with Gasteiger partial charge in [-0.15, -0.1) is 0 Å². The van der Waals surface area contributed by atoms with E-state index in [0.29, 0.717) is 41.9 Å². The Hall–Kier alpha value is -0.610. The number of hydrogen-bond donors (Lipinski definition) is 2. The third-order valence-corrected chi connectivity index (χ3v) is 10.6. The summed E-state index contributed by atoms with van der Waals surface area (Å²) in [5, 5.41) is 21.6. The molecule has 0 saturated heterocycles. The maximum Gasteiger partial charge on any atom is 0.306 e. The van der Waals surface area contributed by atoms with E-state index in [9.17, 15) is 15.0 Å². The Kier molecular flexibility index (Phi) is 6.55. The molecule has 1 unspecified atom stereocenters. The maximum atomic E-state index is 12.3. The lowest BCUT2D eigenvalue weighted by Gasteiger charge is -2.62. The second-order valence-corrected chi connectivity index (χ2v) is 13.6.